The van der Waals surface area contributed by atoms with Gasteiger partial charge in [0.2, 0.25) is 0 Å². The SMILES string of the molecule is CCOC(=O)N1CCN(C(Cc2ccc(C(=N)N)cc2)C(=O)O)CC1. The van der Waals surface area contributed by atoms with Crippen LogP contribution in [0.25, 0.3) is 0 Å². The number of hydrogen-bond acceptors (Lipinski definition) is 5. The second-order valence-corrected chi connectivity index (χ2v) is 5.89. The Bertz CT molecular complexity index is 624. The van der Waals surface area contributed by atoms with Gasteiger partial charge in [-0.05, 0) is 18.9 Å². The maximum absolute atomic E-state index is 11.7. The molecule has 1 atom stereocenters. The molecule has 1 aromatic carbocycles. The van der Waals surface area contributed by atoms with Crippen LogP contribution in [0.4, 0.5) is 4.79 Å². The van der Waals surface area contributed by atoms with Crippen LogP contribution < -0.4 is 5.73 Å². The van der Waals surface area contributed by atoms with Crippen LogP contribution in [-0.4, -0.2) is 71.6 Å². The lowest BCUT2D eigenvalue weighted by Gasteiger charge is -2.37. The molecule has 4 N–H and O–H groups in total. The van der Waals surface area contributed by atoms with Crippen molar-refractivity contribution < 1.29 is 19.4 Å². The van der Waals surface area contributed by atoms with Crippen molar-refractivity contribution in [3.8, 4) is 0 Å². The van der Waals surface area contributed by atoms with Crippen molar-refractivity contribution in [1.29, 1.82) is 5.41 Å². The minimum atomic E-state index is -0.889. The molecular formula is C17H24N4O4. The van der Waals surface area contributed by atoms with Gasteiger partial charge in [0, 0.05) is 31.7 Å². The first-order valence-corrected chi connectivity index (χ1v) is 8.24. The molecule has 25 heavy (non-hydrogen) atoms. The quantitative estimate of drug-likeness (QED) is 0.515. The minimum absolute atomic E-state index is 0.0172. The van der Waals surface area contributed by atoms with Crippen molar-refractivity contribution >= 4 is 17.9 Å². The molecular weight excluding hydrogens is 324 g/mol. The Balaban J connectivity index is 1.98. The normalized spacial score (nSPS) is 16.3. The van der Waals surface area contributed by atoms with Gasteiger partial charge in [0.1, 0.15) is 11.9 Å². The third kappa shape index (κ3) is 4.93. The van der Waals surface area contributed by atoms with E-state index in [0.29, 0.717) is 44.8 Å². The number of amidine groups is 1. The number of carbonyl (C=O) groups excluding carboxylic acids is 1. The summed E-state index contributed by atoms with van der Waals surface area (Å²) < 4.78 is 4.98. The van der Waals surface area contributed by atoms with Crippen LogP contribution in [-0.2, 0) is 16.0 Å². The molecule has 8 heteroatoms. The fourth-order valence-electron chi connectivity index (χ4n) is 2.85. The summed E-state index contributed by atoms with van der Waals surface area (Å²) in [7, 11) is 0. The molecule has 1 saturated heterocycles. The molecule has 136 valence electrons. The fraction of sp³-hybridized carbons (Fsp3) is 0.471. The van der Waals surface area contributed by atoms with E-state index in [-0.39, 0.29) is 11.9 Å². The van der Waals surface area contributed by atoms with Gasteiger partial charge in [-0.2, -0.15) is 0 Å². The Morgan fingerprint density at radius 1 is 1.24 bits per heavy atom. The molecule has 0 aliphatic carbocycles. The summed E-state index contributed by atoms with van der Waals surface area (Å²) in [6.07, 6.45) is 0.00117. The molecule has 0 radical (unpaired) electrons. The van der Waals surface area contributed by atoms with Gasteiger partial charge >= 0.3 is 12.1 Å². The predicted octanol–water partition coefficient (Wildman–Crippen LogP) is 0.740. The predicted molar refractivity (Wildman–Crippen MR) is 92.8 cm³/mol. The van der Waals surface area contributed by atoms with Crippen molar-refractivity contribution in [2.24, 2.45) is 5.73 Å². The number of carboxylic acids is 1. The van der Waals surface area contributed by atoms with Crippen molar-refractivity contribution in [3.63, 3.8) is 0 Å². The number of ether oxygens (including phenoxy) is 1. The van der Waals surface area contributed by atoms with Crippen LogP contribution in [0.3, 0.4) is 0 Å². The number of nitrogens with one attached hydrogen (secondary N) is 1. The Hall–Kier alpha value is -2.61. The number of nitrogen functional groups attached to an aromatic ring is 1. The second-order valence-electron chi connectivity index (χ2n) is 5.89. The maximum atomic E-state index is 11.7. The number of carboxylic acid groups (broad SMARTS) is 1. The van der Waals surface area contributed by atoms with Crippen molar-refractivity contribution in [1.82, 2.24) is 9.80 Å². The Labute approximate surface area is 146 Å². The van der Waals surface area contributed by atoms with Crippen molar-refractivity contribution in [2.45, 2.75) is 19.4 Å². The van der Waals surface area contributed by atoms with E-state index in [1.807, 2.05) is 4.90 Å². The smallest absolute Gasteiger partial charge is 0.409 e. The summed E-state index contributed by atoms with van der Waals surface area (Å²) in [5.74, 6) is -0.906. The van der Waals surface area contributed by atoms with Crippen LogP contribution in [0.2, 0.25) is 0 Å². The number of nitrogens with two attached hydrogens (primary N) is 1. The Morgan fingerprint density at radius 3 is 2.32 bits per heavy atom. The molecule has 0 bridgehead atoms. The highest BCUT2D eigenvalue weighted by Crippen LogP contribution is 2.14. The fourth-order valence-corrected chi connectivity index (χ4v) is 2.85. The summed E-state index contributed by atoms with van der Waals surface area (Å²) in [5, 5.41) is 17.0. The second kappa shape index (κ2) is 8.48. The van der Waals surface area contributed by atoms with Crippen LogP contribution in [0.15, 0.2) is 24.3 Å². The number of aliphatic carboxylic acids is 1. The van der Waals surface area contributed by atoms with Crippen LogP contribution in [0.5, 0.6) is 0 Å². The first-order chi connectivity index (χ1) is 11.9. The molecule has 2 rings (SSSR count). The van der Waals surface area contributed by atoms with Gasteiger partial charge in [-0.1, -0.05) is 24.3 Å². The highest BCUT2D eigenvalue weighted by atomic mass is 16.6. The summed E-state index contributed by atoms with van der Waals surface area (Å²) in [6.45, 7) is 3.96. The van der Waals surface area contributed by atoms with Gasteiger partial charge < -0.3 is 20.5 Å². The average molecular weight is 348 g/mol. The third-order valence-corrected chi connectivity index (χ3v) is 4.26. The summed E-state index contributed by atoms with van der Waals surface area (Å²) in [6, 6.07) is 6.36. The van der Waals surface area contributed by atoms with Gasteiger partial charge in [0.05, 0.1) is 6.61 Å². The van der Waals surface area contributed by atoms with E-state index in [1.54, 1.807) is 36.1 Å². The largest absolute Gasteiger partial charge is 0.480 e. The first kappa shape index (κ1) is 18.7. The number of rotatable bonds is 6. The first-order valence-electron chi connectivity index (χ1n) is 8.24. The number of nitrogens with zero attached hydrogens (tertiary/aromatic N) is 2. The number of piperazine rings is 1. The monoisotopic (exact) mass is 348 g/mol. The van der Waals surface area contributed by atoms with E-state index in [1.165, 1.54) is 0 Å². The highest BCUT2D eigenvalue weighted by molar-refractivity contribution is 5.94. The maximum Gasteiger partial charge on any atom is 0.409 e. The molecule has 1 aromatic rings. The molecule has 1 aliphatic heterocycles. The third-order valence-electron chi connectivity index (χ3n) is 4.26. The van der Waals surface area contributed by atoms with E-state index in [9.17, 15) is 14.7 Å². The molecule has 0 spiro atoms. The van der Waals surface area contributed by atoms with Crippen LogP contribution >= 0.6 is 0 Å². The Morgan fingerprint density at radius 2 is 1.84 bits per heavy atom. The molecule has 1 amide bonds. The van der Waals surface area contributed by atoms with E-state index in [0.717, 1.165) is 5.56 Å². The topological polar surface area (TPSA) is 120 Å². The summed E-state index contributed by atoms with van der Waals surface area (Å²) >= 11 is 0. The van der Waals surface area contributed by atoms with Crippen molar-refractivity contribution in [2.75, 3.05) is 32.8 Å². The number of carbonyl (C=O) groups is 2. The minimum Gasteiger partial charge on any atom is -0.480 e. The van der Waals surface area contributed by atoms with Gasteiger partial charge in [-0.3, -0.25) is 15.1 Å². The number of hydrogen-bond donors (Lipinski definition) is 3. The van der Waals surface area contributed by atoms with Gasteiger partial charge in [-0.15, -0.1) is 0 Å². The number of benzene rings is 1. The zero-order chi connectivity index (χ0) is 18.4. The lowest BCUT2D eigenvalue weighted by Crippen LogP contribution is -2.54. The molecule has 0 saturated carbocycles. The van der Waals surface area contributed by atoms with E-state index in [2.05, 4.69) is 0 Å². The average Bonchev–Trinajstić information content (AvgIpc) is 2.60. The van der Waals surface area contributed by atoms with Crippen LogP contribution in [0, 0.1) is 5.41 Å². The number of amides is 1. The van der Waals surface area contributed by atoms with Gasteiger partial charge in [0.25, 0.3) is 0 Å². The van der Waals surface area contributed by atoms with Crippen LogP contribution in [0.1, 0.15) is 18.1 Å². The van der Waals surface area contributed by atoms with Gasteiger partial charge in [-0.25, -0.2) is 4.79 Å². The molecule has 0 aromatic heterocycles. The summed E-state index contributed by atoms with van der Waals surface area (Å²) in [5.41, 5.74) is 6.90. The molecule has 1 fully saturated rings. The lowest BCUT2D eigenvalue weighted by atomic mass is 10.0. The molecule has 1 aliphatic rings. The highest BCUT2D eigenvalue weighted by Gasteiger charge is 2.30. The van der Waals surface area contributed by atoms with E-state index >= 15 is 0 Å². The zero-order valence-electron chi connectivity index (χ0n) is 14.3. The van der Waals surface area contributed by atoms with Crippen molar-refractivity contribution in [3.05, 3.63) is 35.4 Å². The summed E-state index contributed by atoms with van der Waals surface area (Å²) in [4.78, 5) is 26.9. The van der Waals surface area contributed by atoms with E-state index in [4.69, 9.17) is 15.9 Å². The lowest BCUT2D eigenvalue weighted by molar-refractivity contribution is -0.143. The molecule has 1 unspecified atom stereocenters. The molecule has 8 nitrogen and oxygen atoms in total. The van der Waals surface area contributed by atoms with Gasteiger partial charge in [0.15, 0.2) is 0 Å². The standard InChI is InChI=1S/C17H24N4O4/c1-2-25-17(24)21-9-7-20(8-10-21)14(16(22)23)11-12-3-5-13(6-4-12)15(18)19/h3-6,14H,2,7-11H2,1H3,(H3,18,19)(H,22,23). The molecule has 1 heterocycles. The zero-order valence-corrected chi connectivity index (χ0v) is 14.3. The Kier molecular flexibility index (Phi) is 6.35. The van der Waals surface area contributed by atoms with E-state index < -0.39 is 12.0 Å².